The van der Waals surface area contributed by atoms with Crippen LogP contribution < -0.4 is 5.56 Å². The number of H-pyrrole nitrogens is 1. The highest BCUT2D eigenvalue weighted by Gasteiger charge is 2.31. The van der Waals surface area contributed by atoms with Crippen LogP contribution in [0.5, 0.6) is 0 Å². The standard InChI is InChI=1S/C14H17ClN2OS/c1-7(2)5-9-11(8-3-4-8)12-13(18)16-10(6-15)17-14(12)19-9/h7-8H,3-6H2,1-2H3,(H,16,17,18). The number of rotatable bonds is 4. The van der Waals surface area contributed by atoms with Gasteiger partial charge in [0, 0.05) is 4.88 Å². The van der Waals surface area contributed by atoms with E-state index in [1.54, 1.807) is 11.3 Å². The van der Waals surface area contributed by atoms with Gasteiger partial charge in [0.25, 0.3) is 5.56 Å². The van der Waals surface area contributed by atoms with Crippen LogP contribution in [-0.4, -0.2) is 9.97 Å². The lowest BCUT2D eigenvalue weighted by Gasteiger charge is -2.05. The van der Waals surface area contributed by atoms with Crippen LogP contribution in [0.4, 0.5) is 0 Å². The Hall–Kier alpha value is -0.870. The lowest BCUT2D eigenvalue weighted by Crippen LogP contribution is -2.11. The molecule has 1 N–H and O–H groups in total. The molecule has 1 saturated carbocycles. The van der Waals surface area contributed by atoms with Crippen LogP contribution in [0, 0.1) is 5.92 Å². The number of thiophene rings is 1. The van der Waals surface area contributed by atoms with Gasteiger partial charge < -0.3 is 4.98 Å². The van der Waals surface area contributed by atoms with E-state index in [1.807, 2.05) is 0 Å². The summed E-state index contributed by atoms with van der Waals surface area (Å²) in [6.45, 7) is 4.42. The van der Waals surface area contributed by atoms with Crippen molar-refractivity contribution in [3.8, 4) is 0 Å². The first kappa shape index (κ1) is 13.1. The molecule has 0 atom stereocenters. The molecule has 0 bridgehead atoms. The number of fused-ring (bicyclic) bond motifs is 1. The third-order valence-electron chi connectivity index (χ3n) is 3.43. The second kappa shape index (κ2) is 4.91. The zero-order valence-electron chi connectivity index (χ0n) is 11.1. The number of aromatic nitrogens is 2. The van der Waals surface area contributed by atoms with Crippen LogP contribution >= 0.6 is 22.9 Å². The van der Waals surface area contributed by atoms with E-state index in [0.717, 1.165) is 16.6 Å². The van der Waals surface area contributed by atoms with Gasteiger partial charge in [-0.1, -0.05) is 13.8 Å². The minimum atomic E-state index is -0.0196. The van der Waals surface area contributed by atoms with E-state index in [4.69, 9.17) is 11.6 Å². The van der Waals surface area contributed by atoms with Crippen LogP contribution in [0.3, 0.4) is 0 Å². The van der Waals surface area contributed by atoms with E-state index in [1.165, 1.54) is 23.3 Å². The Morgan fingerprint density at radius 1 is 1.47 bits per heavy atom. The number of nitrogens with zero attached hydrogens (tertiary/aromatic N) is 1. The smallest absolute Gasteiger partial charge is 0.259 e. The predicted octanol–water partition coefficient (Wildman–Crippen LogP) is 3.80. The fourth-order valence-electron chi connectivity index (χ4n) is 2.51. The molecule has 1 aliphatic rings. The molecule has 0 saturated heterocycles. The average Bonchev–Trinajstić information content (AvgIpc) is 3.11. The summed E-state index contributed by atoms with van der Waals surface area (Å²) in [4.78, 5) is 21.7. The molecule has 5 heteroatoms. The normalized spacial score (nSPS) is 15.6. The molecule has 0 amide bonds. The second-order valence-electron chi connectivity index (χ2n) is 5.64. The molecule has 2 aromatic rings. The highest BCUT2D eigenvalue weighted by Crippen LogP contribution is 2.47. The average molecular weight is 297 g/mol. The molecule has 2 aromatic heterocycles. The van der Waals surface area contributed by atoms with Gasteiger partial charge in [0.1, 0.15) is 10.7 Å². The molecule has 1 fully saturated rings. The van der Waals surface area contributed by atoms with Gasteiger partial charge in [0.2, 0.25) is 0 Å². The van der Waals surface area contributed by atoms with Crippen LogP contribution in [0.25, 0.3) is 10.2 Å². The van der Waals surface area contributed by atoms with Crippen molar-refractivity contribution in [3.63, 3.8) is 0 Å². The Labute approximate surface area is 121 Å². The van der Waals surface area contributed by atoms with E-state index in [0.29, 0.717) is 17.7 Å². The van der Waals surface area contributed by atoms with Crippen LogP contribution in [0.1, 0.15) is 48.9 Å². The van der Waals surface area contributed by atoms with Crippen molar-refractivity contribution >= 4 is 33.2 Å². The Morgan fingerprint density at radius 2 is 2.21 bits per heavy atom. The lowest BCUT2D eigenvalue weighted by molar-refractivity contribution is 0.651. The van der Waals surface area contributed by atoms with Gasteiger partial charge in [-0.3, -0.25) is 4.79 Å². The van der Waals surface area contributed by atoms with Gasteiger partial charge in [-0.05, 0) is 36.7 Å². The van der Waals surface area contributed by atoms with Gasteiger partial charge in [0.15, 0.2) is 0 Å². The van der Waals surface area contributed by atoms with E-state index in [9.17, 15) is 4.79 Å². The maximum Gasteiger partial charge on any atom is 0.259 e. The Kier molecular flexibility index (Phi) is 3.39. The molecule has 1 aliphatic carbocycles. The summed E-state index contributed by atoms with van der Waals surface area (Å²) < 4.78 is 0. The molecule has 0 radical (unpaired) electrons. The molecule has 0 spiro atoms. The minimum Gasteiger partial charge on any atom is -0.309 e. The van der Waals surface area contributed by atoms with E-state index < -0.39 is 0 Å². The number of nitrogens with one attached hydrogen (secondary N) is 1. The van der Waals surface area contributed by atoms with Crippen molar-refractivity contribution in [1.82, 2.24) is 9.97 Å². The SMILES string of the molecule is CC(C)Cc1sc2nc(CCl)[nH]c(=O)c2c1C1CC1. The first-order valence-corrected chi connectivity index (χ1v) is 8.05. The molecule has 0 unspecified atom stereocenters. The largest absolute Gasteiger partial charge is 0.309 e. The number of hydrogen-bond acceptors (Lipinski definition) is 3. The summed E-state index contributed by atoms with van der Waals surface area (Å²) in [5.41, 5.74) is 1.25. The van der Waals surface area contributed by atoms with Gasteiger partial charge in [-0.15, -0.1) is 22.9 Å². The second-order valence-corrected chi connectivity index (χ2v) is 6.99. The van der Waals surface area contributed by atoms with Crippen LogP contribution in [0.15, 0.2) is 4.79 Å². The maximum atomic E-state index is 12.3. The van der Waals surface area contributed by atoms with Crippen molar-refractivity contribution in [3.05, 3.63) is 26.6 Å². The molecule has 2 heterocycles. The summed E-state index contributed by atoms with van der Waals surface area (Å²) in [7, 11) is 0. The first-order valence-electron chi connectivity index (χ1n) is 6.70. The summed E-state index contributed by atoms with van der Waals surface area (Å²) in [5.74, 6) is 1.99. The Balaban J connectivity index is 2.23. The maximum absolute atomic E-state index is 12.3. The lowest BCUT2D eigenvalue weighted by atomic mass is 10.0. The van der Waals surface area contributed by atoms with E-state index in [-0.39, 0.29) is 11.4 Å². The summed E-state index contributed by atoms with van der Waals surface area (Å²) in [6.07, 6.45) is 3.43. The topological polar surface area (TPSA) is 45.8 Å². The third-order valence-corrected chi connectivity index (χ3v) is 4.81. The predicted molar refractivity (Wildman–Crippen MR) is 80.3 cm³/mol. The fourth-order valence-corrected chi connectivity index (χ4v) is 4.12. The zero-order chi connectivity index (χ0) is 13.6. The van der Waals surface area contributed by atoms with Gasteiger partial charge in [-0.25, -0.2) is 4.98 Å². The highest BCUT2D eigenvalue weighted by atomic mass is 35.5. The minimum absolute atomic E-state index is 0.0196. The molecule has 3 rings (SSSR count). The summed E-state index contributed by atoms with van der Waals surface area (Å²) in [6, 6.07) is 0. The van der Waals surface area contributed by atoms with Crippen molar-refractivity contribution < 1.29 is 0 Å². The van der Waals surface area contributed by atoms with Crippen LogP contribution in [-0.2, 0) is 12.3 Å². The monoisotopic (exact) mass is 296 g/mol. The van der Waals surface area contributed by atoms with Gasteiger partial charge >= 0.3 is 0 Å². The van der Waals surface area contributed by atoms with Crippen molar-refractivity contribution in [1.29, 1.82) is 0 Å². The first-order chi connectivity index (χ1) is 9.10. The van der Waals surface area contributed by atoms with Crippen molar-refractivity contribution in [2.24, 2.45) is 5.92 Å². The summed E-state index contributed by atoms with van der Waals surface area (Å²) >= 11 is 7.45. The van der Waals surface area contributed by atoms with E-state index >= 15 is 0 Å². The molecule has 3 nitrogen and oxygen atoms in total. The zero-order valence-corrected chi connectivity index (χ0v) is 12.7. The van der Waals surface area contributed by atoms with Crippen molar-refractivity contribution in [2.75, 3.05) is 0 Å². The number of alkyl halides is 1. The highest BCUT2D eigenvalue weighted by molar-refractivity contribution is 7.18. The van der Waals surface area contributed by atoms with E-state index in [2.05, 4.69) is 23.8 Å². The number of hydrogen-bond donors (Lipinski definition) is 1. The molecular weight excluding hydrogens is 280 g/mol. The molecule has 19 heavy (non-hydrogen) atoms. The Bertz CT molecular complexity index is 670. The number of aromatic amines is 1. The Morgan fingerprint density at radius 3 is 2.79 bits per heavy atom. The molecule has 0 aliphatic heterocycles. The fraction of sp³-hybridized carbons (Fsp3) is 0.571. The third kappa shape index (κ3) is 2.43. The molecule has 102 valence electrons. The molecule has 0 aromatic carbocycles. The number of halogens is 1. The summed E-state index contributed by atoms with van der Waals surface area (Å²) in [5, 5.41) is 0.817. The van der Waals surface area contributed by atoms with Gasteiger partial charge in [-0.2, -0.15) is 0 Å². The van der Waals surface area contributed by atoms with Crippen LogP contribution in [0.2, 0.25) is 0 Å². The quantitative estimate of drug-likeness (QED) is 0.872. The molecular formula is C14H17ClN2OS. The van der Waals surface area contributed by atoms with Gasteiger partial charge in [0.05, 0.1) is 11.3 Å². The van der Waals surface area contributed by atoms with Crippen molar-refractivity contribution in [2.45, 2.75) is 44.9 Å².